The number of anilines is 1. The summed E-state index contributed by atoms with van der Waals surface area (Å²) >= 11 is 6.33. The van der Waals surface area contributed by atoms with Crippen LogP contribution in [0.5, 0.6) is 0 Å². The van der Waals surface area contributed by atoms with Gasteiger partial charge < -0.3 is 20.9 Å². The molecule has 6 nitrogen and oxygen atoms in total. The lowest BCUT2D eigenvalue weighted by Gasteiger charge is -2.35. The number of nitrogens with one attached hydrogen (secondary N) is 3. The zero-order valence-electron chi connectivity index (χ0n) is 16.7. The van der Waals surface area contributed by atoms with E-state index in [1.165, 1.54) is 0 Å². The van der Waals surface area contributed by atoms with E-state index in [2.05, 4.69) is 22.9 Å². The minimum absolute atomic E-state index is 0.0753. The van der Waals surface area contributed by atoms with Crippen molar-refractivity contribution in [3.05, 3.63) is 28.8 Å². The predicted octanol–water partition coefficient (Wildman–Crippen LogP) is 3.86. The first-order valence-corrected chi connectivity index (χ1v) is 9.99. The van der Waals surface area contributed by atoms with Gasteiger partial charge in [-0.1, -0.05) is 18.5 Å². The Balaban J connectivity index is 2.19. The lowest BCUT2D eigenvalue weighted by atomic mass is 10.0. The molecule has 0 aliphatic carbocycles. The molecule has 0 spiro atoms. The van der Waals surface area contributed by atoms with Crippen LogP contribution >= 0.6 is 11.6 Å². The predicted molar refractivity (Wildman–Crippen MR) is 111 cm³/mol. The van der Waals surface area contributed by atoms with Gasteiger partial charge in [0, 0.05) is 23.8 Å². The van der Waals surface area contributed by atoms with E-state index in [0.29, 0.717) is 22.8 Å². The van der Waals surface area contributed by atoms with E-state index in [1.807, 2.05) is 25.7 Å². The molecule has 0 saturated carbocycles. The van der Waals surface area contributed by atoms with Crippen molar-refractivity contribution >= 4 is 29.2 Å². The van der Waals surface area contributed by atoms with Gasteiger partial charge in [-0.05, 0) is 71.3 Å². The van der Waals surface area contributed by atoms with Crippen molar-refractivity contribution in [3.8, 4) is 0 Å². The zero-order valence-corrected chi connectivity index (χ0v) is 17.4. The SMILES string of the molecule is CCCN(C(=O)c1cc(NC(=O)NC(C)(C)C)ccc1Cl)C1CCNCC1. The Morgan fingerprint density at radius 3 is 2.52 bits per heavy atom. The average Bonchev–Trinajstić information content (AvgIpc) is 2.60. The Bertz CT molecular complexity index is 666. The number of amides is 3. The second-order valence-electron chi connectivity index (χ2n) is 8.00. The standard InChI is InChI=1S/C20H31ClN4O2/c1-5-12-25(15-8-10-22-11-9-15)18(26)16-13-14(6-7-17(16)21)23-19(27)24-20(2,3)4/h6-7,13,15,22H,5,8-12H2,1-4H3,(H2,23,24,27). The first kappa shape index (κ1) is 21.5. The summed E-state index contributed by atoms with van der Waals surface area (Å²) < 4.78 is 0. The highest BCUT2D eigenvalue weighted by Crippen LogP contribution is 2.25. The maximum atomic E-state index is 13.2. The van der Waals surface area contributed by atoms with Crippen molar-refractivity contribution in [2.75, 3.05) is 25.0 Å². The second kappa shape index (κ2) is 9.42. The number of urea groups is 1. The molecule has 0 aromatic heterocycles. The van der Waals surface area contributed by atoms with Crippen LogP contribution < -0.4 is 16.0 Å². The van der Waals surface area contributed by atoms with E-state index >= 15 is 0 Å². The van der Waals surface area contributed by atoms with E-state index in [9.17, 15) is 9.59 Å². The zero-order chi connectivity index (χ0) is 20.0. The first-order valence-electron chi connectivity index (χ1n) is 9.61. The number of carbonyl (C=O) groups excluding carboxylic acids is 2. The summed E-state index contributed by atoms with van der Waals surface area (Å²) in [7, 11) is 0. The van der Waals surface area contributed by atoms with Gasteiger partial charge in [-0.3, -0.25) is 4.79 Å². The molecular weight excluding hydrogens is 364 g/mol. The largest absolute Gasteiger partial charge is 0.336 e. The van der Waals surface area contributed by atoms with Crippen LogP contribution in [0.1, 0.15) is 57.3 Å². The number of carbonyl (C=O) groups is 2. The quantitative estimate of drug-likeness (QED) is 0.709. The van der Waals surface area contributed by atoms with Crippen molar-refractivity contribution in [1.29, 1.82) is 0 Å². The van der Waals surface area contributed by atoms with Crippen molar-refractivity contribution in [2.24, 2.45) is 0 Å². The van der Waals surface area contributed by atoms with Crippen LogP contribution in [-0.2, 0) is 0 Å². The summed E-state index contributed by atoms with van der Waals surface area (Å²) in [5, 5.41) is 9.35. The van der Waals surface area contributed by atoms with Gasteiger partial charge in [0.15, 0.2) is 0 Å². The number of hydrogen-bond acceptors (Lipinski definition) is 3. The average molecular weight is 395 g/mol. The fraction of sp³-hybridized carbons (Fsp3) is 0.600. The lowest BCUT2D eigenvalue weighted by molar-refractivity contribution is 0.0643. The topological polar surface area (TPSA) is 73.5 Å². The van der Waals surface area contributed by atoms with Gasteiger partial charge in [0.25, 0.3) is 5.91 Å². The Morgan fingerprint density at radius 2 is 1.93 bits per heavy atom. The summed E-state index contributed by atoms with van der Waals surface area (Å²) in [6.45, 7) is 10.3. The third-order valence-corrected chi connectivity index (χ3v) is 4.75. The van der Waals surface area contributed by atoms with Gasteiger partial charge >= 0.3 is 6.03 Å². The molecule has 1 heterocycles. The lowest BCUT2D eigenvalue weighted by Crippen LogP contribution is -2.46. The number of piperidine rings is 1. The molecule has 1 fully saturated rings. The fourth-order valence-corrected chi connectivity index (χ4v) is 3.43. The molecule has 0 atom stereocenters. The van der Waals surface area contributed by atoms with Crippen LogP contribution in [0, 0.1) is 0 Å². The Morgan fingerprint density at radius 1 is 1.26 bits per heavy atom. The van der Waals surface area contributed by atoms with E-state index in [4.69, 9.17) is 11.6 Å². The number of benzene rings is 1. The van der Waals surface area contributed by atoms with Crippen LogP contribution in [0.15, 0.2) is 18.2 Å². The summed E-state index contributed by atoms with van der Waals surface area (Å²) in [4.78, 5) is 27.3. The molecule has 7 heteroatoms. The van der Waals surface area contributed by atoms with Gasteiger partial charge in [-0.2, -0.15) is 0 Å². The monoisotopic (exact) mass is 394 g/mol. The van der Waals surface area contributed by atoms with E-state index in [-0.39, 0.29) is 23.5 Å². The molecule has 1 aromatic carbocycles. The van der Waals surface area contributed by atoms with Crippen LogP contribution in [0.2, 0.25) is 5.02 Å². The summed E-state index contributed by atoms with van der Waals surface area (Å²) in [5.74, 6) is -0.0753. The number of hydrogen-bond donors (Lipinski definition) is 3. The highest BCUT2D eigenvalue weighted by atomic mass is 35.5. The van der Waals surface area contributed by atoms with Crippen molar-refractivity contribution in [2.45, 2.75) is 58.5 Å². The van der Waals surface area contributed by atoms with Crippen molar-refractivity contribution in [1.82, 2.24) is 15.5 Å². The number of halogens is 1. The highest BCUT2D eigenvalue weighted by Gasteiger charge is 2.27. The molecule has 1 aliphatic rings. The van der Waals surface area contributed by atoms with E-state index in [1.54, 1.807) is 18.2 Å². The molecule has 0 bridgehead atoms. The molecule has 3 amide bonds. The molecule has 1 aromatic rings. The second-order valence-corrected chi connectivity index (χ2v) is 8.41. The summed E-state index contributed by atoms with van der Waals surface area (Å²) in [6.07, 6.45) is 2.77. The highest BCUT2D eigenvalue weighted by molar-refractivity contribution is 6.34. The van der Waals surface area contributed by atoms with Crippen LogP contribution in [0.3, 0.4) is 0 Å². The molecule has 1 aliphatic heterocycles. The van der Waals surface area contributed by atoms with Gasteiger partial charge in [-0.25, -0.2) is 4.79 Å². The van der Waals surface area contributed by atoms with Crippen molar-refractivity contribution in [3.63, 3.8) is 0 Å². The van der Waals surface area contributed by atoms with Gasteiger partial charge in [0.05, 0.1) is 10.6 Å². The minimum Gasteiger partial charge on any atom is -0.336 e. The molecule has 150 valence electrons. The maximum absolute atomic E-state index is 13.2. The molecule has 0 radical (unpaired) electrons. The van der Waals surface area contributed by atoms with Gasteiger partial charge in [-0.15, -0.1) is 0 Å². The number of nitrogens with zero attached hydrogens (tertiary/aromatic N) is 1. The molecule has 1 saturated heterocycles. The summed E-state index contributed by atoms with van der Waals surface area (Å²) in [5.41, 5.74) is 0.630. The van der Waals surface area contributed by atoms with E-state index < -0.39 is 0 Å². The van der Waals surface area contributed by atoms with Crippen LogP contribution in [-0.4, -0.2) is 48.1 Å². The first-order chi connectivity index (χ1) is 12.7. The van der Waals surface area contributed by atoms with Crippen LogP contribution in [0.25, 0.3) is 0 Å². The molecular formula is C20H31ClN4O2. The molecule has 3 N–H and O–H groups in total. The smallest absolute Gasteiger partial charge is 0.319 e. The van der Waals surface area contributed by atoms with E-state index in [0.717, 1.165) is 32.4 Å². The van der Waals surface area contributed by atoms with Gasteiger partial charge in [0.1, 0.15) is 0 Å². The third kappa shape index (κ3) is 6.40. The van der Waals surface area contributed by atoms with Gasteiger partial charge in [0.2, 0.25) is 0 Å². The van der Waals surface area contributed by atoms with Crippen molar-refractivity contribution < 1.29 is 9.59 Å². The Labute approximate surface area is 167 Å². The minimum atomic E-state index is -0.345. The fourth-order valence-electron chi connectivity index (χ4n) is 3.23. The Kier molecular flexibility index (Phi) is 7.50. The summed E-state index contributed by atoms with van der Waals surface area (Å²) in [6, 6.07) is 4.93. The van der Waals surface area contributed by atoms with Crippen LogP contribution in [0.4, 0.5) is 10.5 Å². The Hall–Kier alpha value is -1.79. The number of rotatable bonds is 5. The third-order valence-electron chi connectivity index (χ3n) is 4.42. The molecule has 27 heavy (non-hydrogen) atoms. The normalized spacial score (nSPS) is 15.3. The molecule has 2 rings (SSSR count). The molecule has 0 unspecified atom stereocenters. The maximum Gasteiger partial charge on any atom is 0.319 e.